The molecule has 5 nitrogen and oxygen atoms in total. The van der Waals surface area contributed by atoms with E-state index in [4.69, 9.17) is 9.47 Å². The quantitative estimate of drug-likeness (QED) is 0.804. The van der Waals surface area contributed by atoms with E-state index < -0.39 is 17.7 Å². The summed E-state index contributed by atoms with van der Waals surface area (Å²) in [6.07, 6.45) is 0. The molecular weight excluding hydrogens is 354 g/mol. The van der Waals surface area contributed by atoms with Gasteiger partial charge in [-0.1, -0.05) is 6.07 Å². The maximum Gasteiger partial charge on any atom is 0.244 e. The summed E-state index contributed by atoms with van der Waals surface area (Å²) >= 11 is 0. The molecular formula is C20H22F2N2O3. The molecule has 2 aromatic rings. The minimum atomic E-state index is -0.615. The first kappa shape index (κ1) is 19.1. The number of hydrogen-bond donors (Lipinski definition) is 0. The molecule has 0 aliphatic carbocycles. The summed E-state index contributed by atoms with van der Waals surface area (Å²) in [4.78, 5) is 16.5. The van der Waals surface area contributed by atoms with Gasteiger partial charge >= 0.3 is 0 Å². The number of piperazine rings is 1. The molecule has 1 amide bonds. The molecule has 0 radical (unpaired) electrons. The van der Waals surface area contributed by atoms with Crippen molar-refractivity contribution in [3.05, 3.63) is 53.6 Å². The van der Waals surface area contributed by atoms with E-state index >= 15 is 0 Å². The highest BCUT2D eigenvalue weighted by Gasteiger charge is 2.34. The van der Waals surface area contributed by atoms with Crippen molar-refractivity contribution in [1.29, 1.82) is 0 Å². The highest BCUT2D eigenvalue weighted by atomic mass is 19.1. The fourth-order valence-electron chi connectivity index (χ4n) is 3.25. The lowest BCUT2D eigenvalue weighted by Gasteiger charge is -2.39. The van der Waals surface area contributed by atoms with Crippen LogP contribution in [0.3, 0.4) is 0 Å². The third-order valence-electron chi connectivity index (χ3n) is 4.85. The molecule has 3 rings (SSSR count). The first-order valence-electron chi connectivity index (χ1n) is 8.66. The number of anilines is 1. The van der Waals surface area contributed by atoms with Gasteiger partial charge < -0.3 is 14.4 Å². The average Bonchev–Trinajstić information content (AvgIpc) is 2.67. The fourth-order valence-corrected chi connectivity index (χ4v) is 3.25. The van der Waals surface area contributed by atoms with E-state index in [1.807, 2.05) is 4.90 Å². The molecule has 1 aliphatic rings. The van der Waals surface area contributed by atoms with Gasteiger partial charge in [-0.3, -0.25) is 9.69 Å². The largest absolute Gasteiger partial charge is 0.497 e. The van der Waals surface area contributed by atoms with Crippen molar-refractivity contribution >= 4 is 11.6 Å². The Morgan fingerprint density at radius 1 is 1.07 bits per heavy atom. The van der Waals surface area contributed by atoms with Gasteiger partial charge in [0.05, 0.1) is 25.9 Å². The summed E-state index contributed by atoms with van der Waals surface area (Å²) in [6.45, 7) is 2.99. The van der Waals surface area contributed by atoms with Crippen LogP contribution in [-0.2, 0) is 11.3 Å². The lowest BCUT2D eigenvalue weighted by atomic mass is 10.1. The zero-order valence-electron chi connectivity index (χ0n) is 15.5. The Morgan fingerprint density at radius 2 is 1.85 bits per heavy atom. The fraction of sp³-hybridized carbons (Fsp3) is 0.350. The summed E-state index contributed by atoms with van der Waals surface area (Å²) in [5.74, 6) is -0.131. The molecule has 7 heteroatoms. The van der Waals surface area contributed by atoms with Crippen LogP contribution in [0.4, 0.5) is 14.5 Å². The molecule has 1 fully saturated rings. The second kappa shape index (κ2) is 7.92. The standard InChI is InChI=1S/C20H22F2N2O3/c1-13-20(25)24(18-11-16(26-2)6-7-19(18)27-3)9-8-23(13)12-14-4-5-15(21)10-17(14)22/h4-7,10-11,13H,8-9,12H2,1-3H3/t13-/m0/s1. The van der Waals surface area contributed by atoms with Crippen LogP contribution in [-0.4, -0.2) is 44.2 Å². The third kappa shape index (κ3) is 3.88. The highest BCUT2D eigenvalue weighted by Crippen LogP contribution is 2.34. The Hall–Kier alpha value is -2.67. The van der Waals surface area contributed by atoms with Crippen molar-refractivity contribution in [3.63, 3.8) is 0 Å². The monoisotopic (exact) mass is 376 g/mol. The predicted molar refractivity (Wildman–Crippen MR) is 98.1 cm³/mol. The van der Waals surface area contributed by atoms with Crippen molar-refractivity contribution in [2.75, 3.05) is 32.2 Å². The van der Waals surface area contributed by atoms with Crippen LogP contribution in [0.1, 0.15) is 12.5 Å². The molecule has 2 aromatic carbocycles. The Bertz CT molecular complexity index is 844. The number of halogens is 2. The molecule has 0 aromatic heterocycles. The van der Waals surface area contributed by atoms with Gasteiger partial charge in [0.2, 0.25) is 5.91 Å². The van der Waals surface area contributed by atoms with Gasteiger partial charge in [0.15, 0.2) is 0 Å². The predicted octanol–water partition coefficient (Wildman–Crippen LogP) is 3.22. The van der Waals surface area contributed by atoms with E-state index in [1.54, 1.807) is 44.2 Å². The van der Waals surface area contributed by atoms with E-state index in [9.17, 15) is 13.6 Å². The zero-order valence-corrected chi connectivity index (χ0v) is 15.5. The molecule has 1 atom stereocenters. The van der Waals surface area contributed by atoms with Crippen LogP contribution in [0.25, 0.3) is 0 Å². The van der Waals surface area contributed by atoms with E-state index in [2.05, 4.69) is 0 Å². The second-order valence-corrected chi connectivity index (χ2v) is 6.41. The summed E-state index contributed by atoms with van der Waals surface area (Å²) < 4.78 is 37.7. The summed E-state index contributed by atoms with van der Waals surface area (Å²) in [7, 11) is 3.11. The lowest BCUT2D eigenvalue weighted by molar-refractivity contribution is -0.125. The average molecular weight is 376 g/mol. The Labute approximate surface area is 157 Å². The maximum absolute atomic E-state index is 14.0. The molecule has 1 heterocycles. The van der Waals surface area contributed by atoms with Crippen molar-refractivity contribution < 1.29 is 23.0 Å². The number of benzene rings is 2. The normalized spacial score (nSPS) is 17.9. The van der Waals surface area contributed by atoms with Gasteiger partial charge in [0, 0.05) is 37.3 Å². The lowest BCUT2D eigenvalue weighted by Crippen LogP contribution is -2.55. The topological polar surface area (TPSA) is 42.0 Å². The van der Waals surface area contributed by atoms with Crippen LogP contribution in [0.15, 0.2) is 36.4 Å². The van der Waals surface area contributed by atoms with E-state index in [0.29, 0.717) is 35.8 Å². The summed E-state index contributed by atoms with van der Waals surface area (Å²) in [6, 6.07) is 8.33. The molecule has 27 heavy (non-hydrogen) atoms. The van der Waals surface area contributed by atoms with Crippen molar-refractivity contribution in [1.82, 2.24) is 4.90 Å². The van der Waals surface area contributed by atoms with Crippen LogP contribution < -0.4 is 14.4 Å². The summed E-state index contributed by atoms with van der Waals surface area (Å²) in [5.41, 5.74) is 1.00. The minimum absolute atomic E-state index is 0.115. The smallest absolute Gasteiger partial charge is 0.244 e. The molecule has 0 spiro atoms. The second-order valence-electron chi connectivity index (χ2n) is 6.41. The van der Waals surface area contributed by atoms with Crippen LogP contribution in [0, 0.1) is 11.6 Å². The molecule has 144 valence electrons. The Balaban J connectivity index is 1.80. The number of amides is 1. The summed E-state index contributed by atoms with van der Waals surface area (Å²) in [5, 5.41) is 0. The van der Waals surface area contributed by atoms with Gasteiger partial charge in [-0.15, -0.1) is 0 Å². The first-order valence-corrected chi connectivity index (χ1v) is 8.66. The maximum atomic E-state index is 14.0. The number of rotatable bonds is 5. The van der Waals surface area contributed by atoms with E-state index in [0.717, 1.165) is 6.07 Å². The van der Waals surface area contributed by atoms with Gasteiger partial charge in [0.25, 0.3) is 0 Å². The van der Waals surface area contributed by atoms with Crippen LogP contribution in [0.5, 0.6) is 11.5 Å². The SMILES string of the molecule is COc1ccc(OC)c(N2CCN(Cc3ccc(F)cc3F)[C@@H](C)C2=O)c1. The van der Waals surface area contributed by atoms with Crippen LogP contribution >= 0.6 is 0 Å². The number of carbonyl (C=O) groups excluding carboxylic acids is 1. The molecule has 0 saturated carbocycles. The number of carbonyl (C=O) groups is 1. The van der Waals surface area contributed by atoms with Crippen LogP contribution in [0.2, 0.25) is 0 Å². The van der Waals surface area contributed by atoms with E-state index in [-0.39, 0.29) is 12.5 Å². The highest BCUT2D eigenvalue weighted by molar-refractivity contribution is 5.99. The Morgan fingerprint density at radius 3 is 2.52 bits per heavy atom. The number of methoxy groups -OCH3 is 2. The number of hydrogen-bond acceptors (Lipinski definition) is 4. The molecule has 0 N–H and O–H groups in total. The molecule has 0 unspecified atom stereocenters. The van der Waals surface area contributed by atoms with Gasteiger partial charge in [-0.05, 0) is 25.1 Å². The van der Waals surface area contributed by atoms with Crippen molar-refractivity contribution in [2.45, 2.75) is 19.5 Å². The molecule has 1 saturated heterocycles. The minimum Gasteiger partial charge on any atom is -0.497 e. The van der Waals surface area contributed by atoms with E-state index in [1.165, 1.54) is 12.1 Å². The van der Waals surface area contributed by atoms with Gasteiger partial charge in [0.1, 0.15) is 23.1 Å². The van der Waals surface area contributed by atoms with Crippen molar-refractivity contribution in [2.24, 2.45) is 0 Å². The van der Waals surface area contributed by atoms with Gasteiger partial charge in [-0.2, -0.15) is 0 Å². The number of ether oxygens (including phenoxy) is 2. The molecule has 0 bridgehead atoms. The number of nitrogens with zero attached hydrogens (tertiary/aromatic N) is 2. The third-order valence-corrected chi connectivity index (χ3v) is 4.85. The van der Waals surface area contributed by atoms with Gasteiger partial charge in [-0.25, -0.2) is 8.78 Å². The zero-order chi connectivity index (χ0) is 19.6. The molecule has 1 aliphatic heterocycles. The first-order chi connectivity index (χ1) is 12.9. The van der Waals surface area contributed by atoms with Crippen molar-refractivity contribution in [3.8, 4) is 11.5 Å². The Kier molecular flexibility index (Phi) is 5.60.